The molecular formula is C49H52N4O8. The number of pyridine rings is 1. The lowest BCUT2D eigenvalue weighted by Crippen LogP contribution is -2.40. The summed E-state index contributed by atoms with van der Waals surface area (Å²) in [6, 6.07) is 39.1. The average Bonchev–Trinajstić information content (AvgIpc) is 3.30. The Morgan fingerprint density at radius 1 is 0.820 bits per heavy atom. The Kier molecular flexibility index (Phi) is 14.2. The number of aliphatic hydroxyl groups is 2. The van der Waals surface area contributed by atoms with Crippen LogP contribution in [0.1, 0.15) is 63.5 Å². The van der Waals surface area contributed by atoms with E-state index in [2.05, 4.69) is 44.8 Å². The van der Waals surface area contributed by atoms with Crippen LogP contribution >= 0.6 is 0 Å². The first-order valence-electron chi connectivity index (χ1n) is 20.7. The van der Waals surface area contributed by atoms with Gasteiger partial charge in [0.25, 0.3) is 5.91 Å². The molecule has 0 bridgehead atoms. The van der Waals surface area contributed by atoms with E-state index in [-0.39, 0.29) is 48.4 Å². The maximum Gasteiger partial charge on any atom is 0.347 e. The molecule has 1 aliphatic rings. The Hall–Kier alpha value is -6.31. The molecule has 6 N–H and O–H groups in total. The number of carbonyl (C=O) groups excluding carboxylic acids is 2. The van der Waals surface area contributed by atoms with Crippen molar-refractivity contribution in [2.45, 2.75) is 44.1 Å². The van der Waals surface area contributed by atoms with Crippen molar-refractivity contribution in [3.8, 4) is 11.5 Å². The van der Waals surface area contributed by atoms with Gasteiger partial charge >= 0.3 is 5.97 Å². The standard InChI is InChI=1S/C49H52N4O8/c54-43-21-19-41(42-20-22-45(56)52-46(42)43)44(55)30-50-25-8-26-51-47(57)37-17-15-35(16-18-37)32-60-40-14-7-13-39(29-40)49(59,38-11-5-2-6-12-38)48(58)61-33-36-23-27-53(28-24-36)31-34-9-3-1-4-10-34/h1-7,9-22,29,36,44,50,54-55,59H,8,23-28,30-33H2,(H,51,57)(H,52,56). The van der Waals surface area contributed by atoms with Gasteiger partial charge in [-0.15, -0.1) is 0 Å². The molecule has 1 aliphatic heterocycles. The van der Waals surface area contributed by atoms with Crippen molar-refractivity contribution in [2.75, 3.05) is 39.3 Å². The van der Waals surface area contributed by atoms with Gasteiger partial charge in [0.2, 0.25) is 11.2 Å². The Balaban J connectivity index is 0.869. The summed E-state index contributed by atoms with van der Waals surface area (Å²) in [5.74, 6) is -0.351. The minimum atomic E-state index is -2.05. The second kappa shape index (κ2) is 20.3. The van der Waals surface area contributed by atoms with E-state index in [9.17, 15) is 29.7 Å². The molecule has 2 heterocycles. The highest BCUT2D eigenvalue weighted by molar-refractivity contribution is 5.94. The van der Waals surface area contributed by atoms with Gasteiger partial charge in [-0.25, -0.2) is 4.79 Å². The second-order valence-electron chi connectivity index (χ2n) is 15.5. The number of H-pyrrole nitrogens is 1. The maximum atomic E-state index is 13.8. The van der Waals surface area contributed by atoms with E-state index in [1.807, 2.05) is 24.3 Å². The van der Waals surface area contributed by atoms with Crippen LogP contribution in [-0.4, -0.2) is 76.4 Å². The predicted octanol–water partition coefficient (Wildman–Crippen LogP) is 5.95. The largest absolute Gasteiger partial charge is 0.506 e. The van der Waals surface area contributed by atoms with Gasteiger partial charge < -0.3 is 40.4 Å². The first-order valence-corrected chi connectivity index (χ1v) is 20.7. The van der Waals surface area contributed by atoms with Gasteiger partial charge in [-0.05, 0) is 103 Å². The summed E-state index contributed by atoms with van der Waals surface area (Å²) in [5, 5.41) is 39.7. The second-order valence-corrected chi connectivity index (χ2v) is 15.5. The number of aromatic nitrogens is 1. The number of hydrogen-bond donors (Lipinski definition) is 6. The van der Waals surface area contributed by atoms with Crippen molar-refractivity contribution in [2.24, 2.45) is 5.92 Å². The zero-order chi connectivity index (χ0) is 42.6. The molecule has 12 nitrogen and oxygen atoms in total. The minimum Gasteiger partial charge on any atom is -0.506 e. The van der Waals surface area contributed by atoms with Crippen molar-refractivity contribution < 1.29 is 34.4 Å². The Morgan fingerprint density at radius 2 is 1.54 bits per heavy atom. The number of carbonyl (C=O) groups is 2. The normalized spacial score (nSPS) is 14.9. The van der Waals surface area contributed by atoms with Gasteiger partial charge in [-0.3, -0.25) is 14.5 Å². The minimum absolute atomic E-state index is 0.0658. The number of phenolic OH excluding ortho intramolecular Hbond substituents is 1. The molecule has 2 atom stereocenters. The lowest BCUT2D eigenvalue weighted by molar-refractivity contribution is -0.164. The number of esters is 1. The number of nitrogens with one attached hydrogen (secondary N) is 3. The van der Waals surface area contributed by atoms with Crippen LogP contribution in [0, 0.1) is 5.92 Å². The molecule has 61 heavy (non-hydrogen) atoms. The predicted molar refractivity (Wildman–Crippen MR) is 233 cm³/mol. The quantitative estimate of drug-likeness (QED) is 0.0450. The van der Waals surface area contributed by atoms with Crippen LogP contribution in [0.4, 0.5) is 0 Å². The van der Waals surface area contributed by atoms with E-state index in [1.54, 1.807) is 72.8 Å². The Bertz CT molecular complexity index is 2440. The number of phenols is 1. The van der Waals surface area contributed by atoms with Crippen LogP contribution < -0.4 is 20.9 Å². The third kappa shape index (κ3) is 10.9. The molecule has 1 aromatic heterocycles. The average molecular weight is 825 g/mol. The molecule has 12 heteroatoms. The molecular weight excluding hydrogens is 773 g/mol. The summed E-state index contributed by atoms with van der Waals surface area (Å²) >= 11 is 0. The van der Waals surface area contributed by atoms with Crippen molar-refractivity contribution in [1.82, 2.24) is 20.5 Å². The highest BCUT2D eigenvalue weighted by Crippen LogP contribution is 2.34. The number of rotatable bonds is 18. The van der Waals surface area contributed by atoms with Gasteiger partial charge in [0.1, 0.15) is 18.1 Å². The Labute approximate surface area is 354 Å². The number of aliphatic hydroxyl groups excluding tert-OH is 1. The van der Waals surface area contributed by atoms with Crippen molar-refractivity contribution in [1.29, 1.82) is 0 Å². The highest BCUT2D eigenvalue weighted by Gasteiger charge is 2.42. The van der Waals surface area contributed by atoms with Gasteiger partial charge in [0.05, 0.1) is 18.2 Å². The van der Waals surface area contributed by atoms with Gasteiger partial charge in [-0.2, -0.15) is 0 Å². The maximum absolute atomic E-state index is 13.8. The molecule has 0 radical (unpaired) electrons. The number of fused-ring (bicyclic) bond motifs is 1. The summed E-state index contributed by atoms with van der Waals surface area (Å²) in [5.41, 5.74) is 1.81. The summed E-state index contributed by atoms with van der Waals surface area (Å²) in [4.78, 5) is 43.4. The van der Waals surface area contributed by atoms with E-state index in [4.69, 9.17) is 9.47 Å². The van der Waals surface area contributed by atoms with Crippen LogP contribution in [0.5, 0.6) is 11.5 Å². The smallest absolute Gasteiger partial charge is 0.347 e. The summed E-state index contributed by atoms with van der Waals surface area (Å²) < 4.78 is 12.0. The third-order valence-corrected chi connectivity index (χ3v) is 11.2. The third-order valence-electron chi connectivity index (χ3n) is 11.2. The summed E-state index contributed by atoms with van der Waals surface area (Å²) in [6.45, 7) is 4.36. The van der Waals surface area contributed by atoms with E-state index < -0.39 is 17.7 Å². The zero-order valence-electron chi connectivity index (χ0n) is 34.0. The molecule has 6 aromatic rings. The summed E-state index contributed by atoms with van der Waals surface area (Å²) in [6.07, 6.45) is 1.56. The molecule has 1 amide bonds. The van der Waals surface area contributed by atoms with Crippen LogP contribution in [0.15, 0.2) is 138 Å². The van der Waals surface area contributed by atoms with Crippen LogP contribution in [0.25, 0.3) is 10.9 Å². The van der Waals surface area contributed by atoms with Crippen molar-refractivity contribution in [3.63, 3.8) is 0 Å². The number of aromatic amines is 1. The SMILES string of the molecule is O=C(NCCCNCC(O)c1ccc(O)c2[nH]c(=O)ccc12)c1ccc(COc2cccc(C(O)(C(=O)OCC3CCN(Cc4ccccc4)CC3)c3ccccc3)c2)cc1. The lowest BCUT2D eigenvalue weighted by Gasteiger charge is -2.33. The fourth-order valence-corrected chi connectivity index (χ4v) is 7.68. The number of ether oxygens (including phenoxy) is 2. The van der Waals surface area contributed by atoms with Crippen molar-refractivity contribution >= 4 is 22.8 Å². The first kappa shape index (κ1) is 42.8. The molecule has 0 saturated carbocycles. The van der Waals surface area contributed by atoms with Crippen molar-refractivity contribution in [3.05, 3.63) is 177 Å². The van der Waals surface area contributed by atoms with Gasteiger partial charge in [0, 0.05) is 42.2 Å². The van der Waals surface area contributed by atoms with Gasteiger partial charge in [0.15, 0.2) is 0 Å². The molecule has 0 aliphatic carbocycles. The molecule has 316 valence electrons. The molecule has 1 saturated heterocycles. The fourth-order valence-electron chi connectivity index (χ4n) is 7.68. The number of nitrogens with zero attached hydrogens (tertiary/aromatic N) is 1. The van der Waals surface area contributed by atoms with E-state index in [1.165, 1.54) is 17.7 Å². The van der Waals surface area contributed by atoms with E-state index in [0.717, 1.165) is 38.0 Å². The number of hydrogen-bond acceptors (Lipinski definition) is 10. The fraction of sp³-hybridized carbons (Fsp3) is 0.286. The van der Waals surface area contributed by atoms with E-state index >= 15 is 0 Å². The van der Waals surface area contributed by atoms with Crippen LogP contribution in [-0.2, 0) is 28.3 Å². The molecule has 1 fully saturated rings. The number of likely N-dealkylation sites (tertiary alicyclic amines) is 1. The van der Waals surface area contributed by atoms with E-state index in [0.29, 0.717) is 52.9 Å². The monoisotopic (exact) mass is 824 g/mol. The van der Waals surface area contributed by atoms with Gasteiger partial charge in [-0.1, -0.05) is 91.0 Å². The molecule has 2 unspecified atom stereocenters. The molecule has 5 aromatic carbocycles. The summed E-state index contributed by atoms with van der Waals surface area (Å²) in [7, 11) is 0. The lowest BCUT2D eigenvalue weighted by atomic mass is 9.86. The Morgan fingerprint density at radius 3 is 2.30 bits per heavy atom. The topological polar surface area (TPSA) is 173 Å². The zero-order valence-corrected chi connectivity index (χ0v) is 34.0. The first-order chi connectivity index (χ1) is 29.7. The highest BCUT2D eigenvalue weighted by atomic mass is 16.5. The molecule has 7 rings (SSSR count). The number of aromatic hydroxyl groups is 1. The number of amides is 1. The van der Waals surface area contributed by atoms with Crippen LogP contribution in [0.2, 0.25) is 0 Å². The molecule has 0 spiro atoms. The van der Waals surface area contributed by atoms with Crippen LogP contribution in [0.3, 0.4) is 0 Å². The number of benzene rings is 5. The number of piperidine rings is 1.